The third-order valence-corrected chi connectivity index (χ3v) is 3.14. The zero-order valence-electron chi connectivity index (χ0n) is 12.1. The van der Waals surface area contributed by atoms with Gasteiger partial charge in [-0.05, 0) is 25.8 Å². The number of carboxylic acid groups (broad SMARTS) is 1. The van der Waals surface area contributed by atoms with Gasteiger partial charge in [0, 0.05) is 5.56 Å². The number of carbonyl (C=O) groups is 2. The van der Waals surface area contributed by atoms with Gasteiger partial charge in [0.1, 0.15) is 0 Å². The molecule has 110 valence electrons. The van der Waals surface area contributed by atoms with Crippen molar-refractivity contribution in [2.75, 3.05) is 0 Å². The Balaban J connectivity index is 2.56. The maximum atomic E-state index is 12.0. The van der Waals surface area contributed by atoms with Crippen molar-refractivity contribution in [3.63, 3.8) is 0 Å². The first-order chi connectivity index (χ1) is 9.56. The molecule has 20 heavy (non-hydrogen) atoms. The molecular formula is C16H21O4-. The van der Waals surface area contributed by atoms with Gasteiger partial charge < -0.3 is 14.6 Å². The molecule has 0 heterocycles. The first-order valence-corrected chi connectivity index (χ1v) is 7.07. The molecule has 1 unspecified atom stereocenters. The molecule has 1 atom stereocenters. The quantitative estimate of drug-likeness (QED) is 0.541. The number of carbonyl (C=O) groups excluding carboxylic acids is 2. The topological polar surface area (TPSA) is 66.4 Å². The average Bonchev–Trinajstić information content (AvgIpc) is 2.43. The summed E-state index contributed by atoms with van der Waals surface area (Å²) in [5.41, 5.74) is -0.0800. The smallest absolute Gasteiger partial charge is 0.339 e. The highest BCUT2D eigenvalue weighted by Crippen LogP contribution is 2.13. The van der Waals surface area contributed by atoms with Gasteiger partial charge in [0.15, 0.2) is 0 Å². The van der Waals surface area contributed by atoms with Crippen LogP contribution in [0.1, 0.15) is 66.7 Å². The van der Waals surface area contributed by atoms with E-state index in [1.165, 1.54) is 18.6 Å². The van der Waals surface area contributed by atoms with Crippen LogP contribution in [0, 0.1) is 0 Å². The van der Waals surface area contributed by atoms with Crippen LogP contribution in [0.5, 0.6) is 0 Å². The summed E-state index contributed by atoms with van der Waals surface area (Å²) < 4.78 is 5.28. The van der Waals surface area contributed by atoms with E-state index in [1.54, 1.807) is 12.1 Å². The number of rotatable bonds is 8. The monoisotopic (exact) mass is 277 g/mol. The van der Waals surface area contributed by atoms with Crippen molar-refractivity contribution in [1.82, 2.24) is 0 Å². The first kappa shape index (κ1) is 16.2. The van der Waals surface area contributed by atoms with Crippen LogP contribution in [0.2, 0.25) is 0 Å². The Morgan fingerprint density at radius 2 is 1.80 bits per heavy atom. The zero-order chi connectivity index (χ0) is 15.0. The van der Waals surface area contributed by atoms with Crippen molar-refractivity contribution < 1.29 is 19.4 Å². The van der Waals surface area contributed by atoms with Crippen molar-refractivity contribution in [3.05, 3.63) is 35.4 Å². The normalized spacial score (nSPS) is 11.9. The molecule has 4 heteroatoms. The number of hydrogen-bond acceptors (Lipinski definition) is 4. The van der Waals surface area contributed by atoms with Crippen molar-refractivity contribution in [1.29, 1.82) is 0 Å². The fourth-order valence-corrected chi connectivity index (χ4v) is 2.00. The van der Waals surface area contributed by atoms with E-state index in [2.05, 4.69) is 6.92 Å². The molecule has 0 saturated carbocycles. The molecule has 0 saturated heterocycles. The van der Waals surface area contributed by atoms with Gasteiger partial charge in [-0.25, -0.2) is 4.79 Å². The summed E-state index contributed by atoms with van der Waals surface area (Å²) in [4.78, 5) is 22.9. The minimum atomic E-state index is -1.37. The molecule has 0 amide bonds. The van der Waals surface area contributed by atoms with E-state index in [1.807, 2.05) is 6.92 Å². The Bertz CT molecular complexity index is 454. The first-order valence-electron chi connectivity index (χ1n) is 7.07. The maximum Gasteiger partial charge on any atom is 0.339 e. The number of hydrogen-bond donors (Lipinski definition) is 0. The van der Waals surface area contributed by atoms with E-state index >= 15 is 0 Å². The summed E-state index contributed by atoms with van der Waals surface area (Å²) in [5.74, 6) is -1.97. The number of esters is 1. The van der Waals surface area contributed by atoms with Crippen LogP contribution in [-0.4, -0.2) is 18.0 Å². The van der Waals surface area contributed by atoms with Gasteiger partial charge in [0.25, 0.3) is 0 Å². The molecule has 1 rings (SSSR count). The van der Waals surface area contributed by atoms with Crippen LogP contribution >= 0.6 is 0 Å². The summed E-state index contributed by atoms with van der Waals surface area (Å²) in [6.07, 6.45) is 5.04. The van der Waals surface area contributed by atoms with Gasteiger partial charge in [-0.3, -0.25) is 0 Å². The number of benzene rings is 1. The molecule has 0 N–H and O–H groups in total. The summed E-state index contributed by atoms with van der Waals surface area (Å²) >= 11 is 0. The molecule has 1 aromatic carbocycles. The highest BCUT2D eigenvalue weighted by Gasteiger charge is 2.15. The molecule has 0 bridgehead atoms. The van der Waals surface area contributed by atoms with Crippen LogP contribution in [0.4, 0.5) is 0 Å². The molecule has 0 aliphatic carbocycles. The Kier molecular flexibility index (Phi) is 6.77. The lowest BCUT2D eigenvalue weighted by Gasteiger charge is -2.15. The number of ether oxygens (including phenoxy) is 1. The van der Waals surface area contributed by atoms with Crippen molar-refractivity contribution in [2.45, 2.75) is 52.1 Å². The van der Waals surface area contributed by atoms with Gasteiger partial charge in [0.2, 0.25) is 0 Å². The van der Waals surface area contributed by atoms with Crippen molar-refractivity contribution in [3.8, 4) is 0 Å². The van der Waals surface area contributed by atoms with Gasteiger partial charge >= 0.3 is 5.97 Å². The fraction of sp³-hybridized carbons (Fsp3) is 0.500. The number of unbranched alkanes of at least 4 members (excludes halogenated alkanes) is 3. The Hall–Kier alpha value is -1.84. The third-order valence-electron chi connectivity index (χ3n) is 3.14. The molecule has 0 spiro atoms. The third kappa shape index (κ3) is 5.03. The van der Waals surface area contributed by atoms with Crippen LogP contribution in [0.25, 0.3) is 0 Å². The van der Waals surface area contributed by atoms with E-state index in [-0.39, 0.29) is 17.2 Å². The lowest BCUT2D eigenvalue weighted by atomic mass is 10.1. The molecule has 0 radical (unpaired) electrons. The van der Waals surface area contributed by atoms with Gasteiger partial charge in [0.05, 0.1) is 17.6 Å². The van der Waals surface area contributed by atoms with E-state index in [4.69, 9.17) is 4.74 Å². The summed E-state index contributed by atoms with van der Waals surface area (Å²) in [7, 11) is 0. The van der Waals surface area contributed by atoms with Crippen molar-refractivity contribution >= 4 is 11.9 Å². The minimum absolute atomic E-state index is 0.0490. The van der Waals surface area contributed by atoms with E-state index in [9.17, 15) is 14.7 Å². The van der Waals surface area contributed by atoms with Crippen molar-refractivity contribution in [2.24, 2.45) is 0 Å². The second-order valence-electron chi connectivity index (χ2n) is 4.90. The van der Waals surface area contributed by atoms with E-state index in [0.29, 0.717) is 0 Å². The standard InChI is InChI=1S/C16H22O4/c1-3-4-5-6-9-12(2)20-16(19)14-11-8-7-10-13(14)15(17)18/h7-8,10-12H,3-6,9H2,1-2H3,(H,17,18)/p-1. The maximum absolute atomic E-state index is 12.0. The summed E-state index contributed by atoms with van der Waals surface area (Å²) in [6, 6.07) is 5.94. The predicted molar refractivity (Wildman–Crippen MR) is 74.4 cm³/mol. The highest BCUT2D eigenvalue weighted by atomic mass is 16.5. The number of carboxylic acids is 1. The molecule has 0 fully saturated rings. The fourth-order valence-electron chi connectivity index (χ4n) is 2.00. The second kappa shape index (κ2) is 8.35. The molecule has 0 aliphatic heterocycles. The van der Waals surface area contributed by atoms with Crippen LogP contribution in [0.15, 0.2) is 24.3 Å². The second-order valence-corrected chi connectivity index (χ2v) is 4.90. The molecule has 0 aromatic heterocycles. The molecular weight excluding hydrogens is 256 g/mol. The lowest BCUT2D eigenvalue weighted by molar-refractivity contribution is -0.255. The SMILES string of the molecule is CCCCCCC(C)OC(=O)c1ccccc1C(=O)[O-]. The summed E-state index contributed by atoms with van der Waals surface area (Å²) in [6.45, 7) is 3.96. The number of aromatic carboxylic acids is 1. The van der Waals surface area contributed by atoms with E-state index in [0.717, 1.165) is 25.7 Å². The highest BCUT2D eigenvalue weighted by molar-refractivity contribution is 6.01. The Morgan fingerprint density at radius 3 is 2.40 bits per heavy atom. The van der Waals surface area contributed by atoms with Gasteiger partial charge in [-0.15, -0.1) is 0 Å². The summed E-state index contributed by atoms with van der Waals surface area (Å²) in [5, 5.41) is 10.9. The van der Waals surface area contributed by atoms with Gasteiger partial charge in [-0.2, -0.15) is 0 Å². The van der Waals surface area contributed by atoms with Crippen LogP contribution in [0.3, 0.4) is 0 Å². The Morgan fingerprint density at radius 1 is 1.15 bits per heavy atom. The predicted octanol–water partition coefficient (Wildman–Crippen LogP) is 2.57. The minimum Gasteiger partial charge on any atom is -0.545 e. The van der Waals surface area contributed by atoms with Crippen LogP contribution in [-0.2, 0) is 4.74 Å². The molecule has 0 aliphatic rings. The van der Waals surface area contributed by atoms with E-state index < -0.39 is 11.9 Å². The average molecular weight is 277 g/mol. The largest absolute Gasteiger partial charge is 0.545 e. The Labute approximate surface area is 119 Å². The molecule has 1 aromatic rings. The molecule has 4 nitrogen and oxygen atoms in total. The lowest BCUT2D eigenvalue weighted by Crippen LogP contribution is -2.26. The zero-order valence-corrected chi connectivity index (χ0v) is 12.1. The van der Waals surface area contributed by atoms with Gasteiger partial charge in [-0.1, -0.05) is 44.4 Å². The van der Waals surface area contributed by atoms with Crippen LogP contribution < -0.4 is 5.11 Å².